The highest BCUT2D eigenvalue weighted by Gasteiger charge is 2.44. The van der Waals surface area contributed by atoms with Crippen LogP contribution in [0.3, 0.4) is 0 Å². The van der Waals surface area contributed by atoms with E-state index in [9.17, 15) is 19.2 Å². The molecule has 2 heterocycles. The highest BCUT2D eigenvalue weighted by atomic mass is 16.5. The summed E-state index contributed by atoms with van der Waals surface area (Å²) in [5.74, 6) is -1.18. The number of hydrogen-bond donors (Lipinski definition) is 0. The van der Waals surface area contributed by atoms with Crippen LogP contribution in [0.5, 0.6) is 0 Å². The minimum atomic E-state index is -0.949. The molecule has 0 spiro atoms. The minimum Gasteiger partial charge on any atom is -0.384 e. The summed E-state index contributed by atoms with van der Waals surface area (Å²) >= 11 is 0. The Balaban J connectivity index is 1.54. The molecule has 0 aromatic heterocycles. The van der Waals surface area contributed by atoms with Crippen LogP contribution >= 0.6 is 0 Å². The lowest BCUT2D eigenvalue weighted by molar-refractivity contribution is -0.142. The third-order valence-corrected chi connectivity index (χ3v) is 6.16. The zero-order valence-corrected chi connectivity index (χ0v) is 18.6. The number of benzene rings is 2. The van der Waals surface area contributed by atoms with E-state index in [2.05, 4.69) is 0 Å². The maximum Gasteiger partial charge on any atom is 0.262 e. The Morgan fingerprint density at radius 1 is 0.848 bits per heavy atom. The molecule has 8 heteroatoms. The largest absolute Gasteiger partial charge is 0.384 e. The molecule has 33 heavy (non-hydrogen) atoms. The third-order valence-electron chi connectivity index (χ3n) is 6.16. The van der Waals surface area contributed by atoms with E-state index in [0.717, 1.165) is 10.5 Å². The van der Waals surface area contributed by atoms with Crippen molar-refractivity contribution in [2.24, 2.45) is 0 Å². The van der Waals surface area contributed by atoms with Gasteiger partial charge in [-0.15, -0.1) is 0 Å². The van der Waals surface area contributed by atoms with Gasteiger partial charge in [-0.25, -0.2) is 0 Å². The quantitative estimate of drug-likeness (QED) is 0.600. The fourth-order valence-electron chi connectivity index (χ4n) is 4.35. The molecule has 1 unspecified atom stereocenters. The van der Waals surface area contributed by atoms with Crippen LogP contribution in [0.4, 0.5) is 0 Å². The number of fused-ring (bicyclic) bond motifs is 1. The lowest BCUT2D eigenvalue weighted by atomic mass is 10.0. The van der Waals surface area contributed by atoms with E-state index in [4.69, 9.17) is 4.74 Å². The molecule has 0 N–H and O–H groups in total. The molecular formula is C25H27N3O5. The maximum atomic E-state index is 13.6. The Morgan fingerprint density at radius 3 is 1.97 bits per heavy atom. The first-order valence-electron chi connectivity index (χ1n) is 11.1. The SMILES string of the molecule is COCCC(=O)N1CCN(C(=O)C(Cc2ccccc2)N2C(=O)c3ccccc3C2=O)CC1. The van der Waals surface area contributed by atoms with E-state index in [1.807, 2.05) is 30.3 Å². The standard InChI is InChI=1S/C25H27N3O5/c1-33-16-11-22(29)26-12-14-27(15-13-26)25(32)21(17-18-7-3-2-4-8-18)28-23(30)19-9-5-6-10-20(19)24(28)31/h2-10,21H,11-17H2,1H3. The average Bonchev–Trinajstić information content (AvgIpc) is 3.11. The summed E-state index contributed by atoms with van der Waals surface area (Å²) in [6.07, 6.45) is 0.536. The van der Waals surface area contributed by atoms with Crippen LogP contribution in [0.25, 0.3) is 0 Å². The second-order valence-electron chi connectivity index (χ2n) is 8.18. The summed E-state index contributed by atoms with van der Waals surface area (Å²) in [4.78, 5) is 56.7. The third kappa shape index (κ3) is 4.66. The van der Waals surface area contributed by atoms with E-state index in [-0.39, 0.29) is 18.2 Å². The smallest absolute Gasteiger partial charge is 0.262 e. The topological polar surface area (TPSA) is 87.2 Å². The number of piperazine rings is 1. The van der Waals surface area contributed by atoms with Gasteiger partial charge in [0.05, 0.1) is 24.2 Å². The number of carbonyl (C=O) groups excluding carboxylic acids is 4. The molecule has 0 saturated carbocycles. The molecule has 2 aliphatic rings. The normalized spacial score (nSPS) is 16.7. The zero-order valence-electron chi connectivity index (χ0n) is 18.6. The van der Waals surface area contributed by atoms with Gasteiger partial charge >= 0.3 is 0 Å². The highest BCUT2D eigenvalue weighted by Crippen LogP contribution is 2.27. The first-order chi connectivity index (χ1) is 16.0. The number of rotatable bonds is 7. The molecule has 2 aliphatic heterocycles. The van der Waals surface area contributed by atoms with Crippen molar-refractivity contribution < 1.29 is 23.9 Å². The van der Waals surface area contributed by atoms with Crippen molar-refractivity contribution in [3.05, 3.63) is 71.3 Å². The van der Waals surface area contributed by atoms with Crippen LogP contribution in [0.1, 0.15) is 32.7 Å². The molecule has 2 aromatic rings. The van der Waals surface area contributed by atoms with Gasteiger partial charge in [-0.3, -0.25) is 24.1 Å². The van der Waals surface area contributed by atoms with Gasteiger partial charge in [-0.2, -0.15) is 0 Å². The lowest BCUT2D eigenvalue weighted by Crippen LogP contribution is -2.57. The monoisotopic (exact) mass is 449 g/mol. The summed E-state index contributed by atoms with van der Waals surface area (Å²) in [7, 11) is 1.55. The summed E-state index contributed by atoms with van der Waals surface area (Å²) in [5, 5.41) is 0. The molecule has 1 atom stereocenters. The highest BCUT2D eigenvalue weighted by molar-refractivity contribution is 6.22. The number of ether oxygens (including phenoxy) is 1. The van der Waals surface area contributed by atoms with E-state index in [1.165, 1.54) is 0 Å². The number of imide groups is 1. The van der Waals surface area contributed by atoms with Crippen molar-refractivity contribution >= 4 is 23.6 Å². The van der Waals surface area contributed by atoms with Gasteiger partial charge in [0.2, 0.25) is 11.8 Å². The number of hydrogen-bond acceptors (Lipinski definition) is 5. The van der Waals surface area contributed by atoms with Crippen LogP contribution in [-0.2, 0) is 20.7 Å². The molecule has 0 radical (unpaired) electrons. The second kappa shape index (κ2) is 9.95. The molecule has 4 amide bonds. The average molecular weight is 450 g/mol. The van der Waals surface area contributed by atoms with Crippen LogP contribution in [0, 0.1) is 0 Å². The number of carbonyl (C=O) groups is 4. The van der Waals surface area contributed by atoms with Crippen LogP contribution in [0.2, 0.25) is 0 Å². The van der Waals surface area contributed by atoms with E-state index in [1.54, 1.807) is 41.2 Å². The van der Waals surface area contributed by atoms with Gasteiger partial charge in [0.1, 0.15) is 6.04 Å². The van der Waals surface area contributed by atoms with Gasteiger partial charge in [-0.1, -0.05) is 42.5 Å². The van der Waals surface area contributed by atoms with Crippen LogP contribution in [0.15, 0.2) is 54.6 Å². The molecule has 0 aliphatic carbocycles. The molecular weight excluding hydrogens is 422 g/mol. The van der Waals surface area contributed by atoms with E-state index in [0.29, 0.717) is 50.3 Å². The molecule has 4 rings (SSSR count). The fraction of sp³-hybridized carbons (Fsp3) is 0.360. The van der Waals surface area contributed by atoms with Crippen molar-refractivity contribution in [1.82, 2.24) is 14.7 Å². The Morgan fingerprint density at radius 2 is 1.39 bits per heavy atom. The molecule has 172 valence electrons. The Bertz CT molecular complexity index is 1010. The second-order valence-corrected chi connectivity index (χ2v) is 8.18. The first-order valence-corrected chi connectivity index (χ1v) is 11.1. The van der Waals surface area contributed by atoms with E-state index < -0.39 is 17.9 Å². The van der Waals surface area contributed by atoms with Gasteiger partial charge < -0.3 is 14.5 Å². The van der Waals surface area contributed by atoms with Crippen molar-refractivity contribution in [1.29, 1.82) is 0 Å². The minimum absolute atomic E-state index is 0.00914. The van der Waals surface area contributed by atoms with Crippen molar-refractivity contribution in [3.63, 3.8) is 0 Å². The lowest BCUT2D eigenvalue weighted by Gasteiger charge is -2.38. The molecule has 8 nitrogen and oxygen atoms in total. The van der Waals surface area contributed by atoms with E-state index >= 15 is 0 Å². The number of amides is 4. The van der Waals surface area contributed by atoms with Crippen molar-refractivity contribution in [2.45, 2.75) is 18.9 Å². The maximum absolute atomic E-state index is 13.6. The van der Waals surface area contributed by atoms with Gasteiger partial charge in [0.15, 0.2) is 0 Å². The zero-order chi connectivity index (χ0) is 23.4. The Hall–Kier alpha value is -3.52. The van der Waals surface area contributed by atoms with Gasteiger partial charge in [-0.05, 0) is 17.7 Å². The molecule has 1 saturated heterocycles. The predicted octanol–water partition coefficient (Wildman–Crippen LogP) is 1.60. The Kier molecular flexibility index (Phi) is 6.84. The van der Waals surface area contributed by atoms with Crippen LogP contribution in [-0.4, -0.2) is 84.3 Å². The van der Waals surface area contributed by atoms with Crippen molar-refractivity contribution in [2.75, 3.05) is 39.9 Å². The van der Waals surface area contributed by atoms with Gasteiger partial charge in [0.25, 0.3) is 11.8 Å². The van der Waals surface area contributed by atoms with Crippen molar-refractivity contribution in [3.8, 4) is 0 Å². The summed E-state index contributed by atoms with van der Waals surface area (Å²) in [6, 6.07) is 15.1. The first kappa shape index (κ1) is 22.7. The number of nitrogens with zero attached hydrogens (tertiary/aromatic N) is 3. The van der Waals surface area contributed by atoms with Gasteiger partial charge in [0, 0.05) is 39.7 Å². The molecule has 1 fully saturated rings. The summed E-state index contributed by atoms with van der Waals surface area (Å²) < 4.78 is 4.97. The molecule has 0 bridgehead atoms. The summed E-state index contributed by atoms with van der Waals surface area (Å²) in [6.45, 7) is 1.89. The predicted molar refractivity (Wildman–Crippen MR) is 121 cm³/mol. The number of methoxy groups -OCH3 is 1. The summed E-state index contributed by atoms with van der Waals surface area (Å²) in [5.41, 5.74) is 1.50. The Labute approximate surface area is 192 Å². The van der Waals surface area contributed by atoms with Crippen LogP contribution < -0.4 is 0 Å². The molecule has 2 aromatic carbocycles. The fourth-order valence-corrected chi connectivity index (χ4v) is 4.35.